The van der Waals surface area contributed by atoms with E-state index < -0.39 is 28.8 Å². The lowest BCUT2D eigenvalue weighted by atomic mass is 9.85. The van der Waals surface area contributed by atoms with Crippen LogP contribution in [0.2, 0.25) is 34.8 Å². The average Bonchev–Trinajstić information content (AvgIpc) is 3.51. The number of methoxy groups -OCH3 is 1. The summed E-state index contributed by atoms with van der Waals surface area (Å²) in [6.07, 6.45) is 12.7. The molecule has 55 heavy (non-hydrogen) atoms. The molecule has 2 bridgehead atoms. The summed E-state index contributed by atoms with van der Waals surface area (Å²) in [4.78, 5) is 0. The molecule has 1 N–H and O–H groups in total. The lowest BCUT2D eigenvalue weighted by molar-refractivity contribution is -0.169. The van der Waals surface area contributed by atoms with Crippen molar-refractivity contribution in [2.75, 3.05) is 33.7 Å². The molecule has 3 rings (SSSR count). The molecule has 3 fully saturated rings. The quantitative estimate of drug-likeness (QED) is 0.0397. The summed E-state index contributed by atoms with van der Waals surface area (Å²) >= 11 is 0. The molecule has 0 spiro atoms. The summed E-state index contributed by atoms with van der Waals surface area (Å²) in [7, 11) is -2.68. The monoisotopic (exact) mass is 811 g/mol. The van der Waals surface area contributed by atoms with Crippen LogP contribution in [0.25, 0.3) is 0 Å². The van der Waals surface area contributed by atoms with Gasteiger partial charge in [0.05, 0.1) is 62.5 Å². The van der Waals surface area contributed by atoms with Crippen LogP contribution in [0.15, 0.2) is 37.0 Å². The van der Waals surface area contributed by atoms with E-state index in [0.29, 0.717) is 42.9 Å². The maximum atomic E-state index is 11.9. The molecule has 320 valence electrons. The Balaban J connectivity index is 1.89. The second-order valence-corrected chi connectivity index (χ2v) is 27.5. The Morgan fingerprint density at radius 1 is 0.800 bits per heavy atom. The molecule has 9 nitrogen and oxygen atoms in total. The molecule has 0 aliphatic carbocycles. The van der Waals surface area contributed by atoms with E-state index in [1.165, 1.54) is 0 Å². The number of aliphatic hydroxyl groups excluding tert-OH is 1. The Kier molecular flexibility index (Phi) is 21.0. The molecular weight excluding hydrogens is 729 g/mol. The first-order valence-electron chi connectivity index (χ1n) is 21.8. The van der Waals surface area contributed by atoms with Gasteiger partial charge in [0.1, 0.15) is 19.0 Å². The minimum Gasteiger partial charge on any atom is -0.413 e. The molecule has 0 aromatic heterocycles. The zero-order chi connectivity index (χ0) is 40.8. The first-order chi connectivity index (χ1) is 26.2. The van der Waals surface area contributed by atoms with Crippen LogP contribution in [-0.4, -0.2) is 110 Å². The van der Waals surface area contributed by atoms with Crippen molar-refractivity contribution in [1.29, 1.82) is 0 Å². The zero-order valence-corrected chi connectivity index (χ0v) is 38.9. The van der Waals surface area contributed by atoms with Crippen LogP contribution >= 0.6 is 0 Å². The van der Waals surface area contributed by atoms with Gasteiger partial charge in [-0.1, -0.05) is 107 Å². The first kappa shape index (κ1) is 48.7. The number of ether oxygens (including phenoxy) is 6. The maximum Gasteiger partial charge on any atom is 0.200 e. The molecule has 3 aliphatic heterocycles. The van der Waals surface area contributed by atoms with Crippen LogP contribution in [0, 0.1) is 11.8 Å². The van der Waals surface area contributed by atoms with E-state index in [0.717, 1.165) is 43.8 Å². The van der Waals surface area contributed by atoms with Gasteiger partial charge < -0.3 is 42.4 Å². The number of unbranched alkanes of at least 4 members (excludes halogenated alkanes) is 1. The highest BCUT2D eigenvalue weighted by Crippen LogP contribution is 2.46. The average molecular weight is 811 g/mol. The second kappa shape index (κ2) is 23.8. The summed E-state index contributed by atoms with van der Waals surface area (Å²) in [5, 5.41) is 11.9. The van der Waals surface area contributed by atoms with Crippen molar-refractivity contribution in [1.82, 2.24) is 0 Å². The molecule has 0 aromatic carbocycles. The topological polar surface area (TPSA) is 94.1 Å². The summed E-state index contributed by atoms with van der Waals surface area (Å²) in [6, 6.07) is 3.01. The summed E-state index contributed by atoms with van der Waals surface area (Å²) in [5.74, 6) is 0.377. The summed E-state index contributed by atoms with van der Waals surface area (Å²) < 4.78 is 51.3. The Morgan fingerprint density at radius 3 is 2.07 bits per heavy atom. The van der Waals surface area contributed by atoms with E-state index in [2.05, 4.69) is 101 Å². The molecule has 11 atom stereocenters. The lowest BCUT2D eigenvalue weighted by Crippen LogP contribution is -2.58. The molecule has 3 aliphatic rings. The second-order valence-electron chi connectivity index (χ2n) is 17.4. The lowest BCUT2D eigenvalue weighted by Gasteiger charge is -2.51. The number of fused-ring (bicyclic) bond motifs is 2. The maximum absolute atomic E-state index is 11.9. The largest absolute Gasteiger partial charge is 0.413 e. The summed E-state index contributed by atoms with van der Waals surface area (Å²) in [5.41, 5.74) is 1.39. The molecule has 3 heterocycles. The van der Waals surface area contributed by atoms with Crippen LogP contribution in [0.5, 0.6) is 0 Å². The van der Waals surface area contributed by atoms with Gasteiger partial charge in [-0.25, -0.2) is 0 Å². The molecule has 0 radical (unpaired) electrons. The van der Waals surface area contributed by atoms with Crippen molar-refractivity contribution in [2.24, 2.45) is 11.8 Å². The third-order valence-electron chi connectivity index (χ3n) is 13.2. The Morgan fingerprint density at radius 2 is 1.47 bits per heavy atom. The van der Waals surface area contributed by atoms with Crippen molar-refractivity contribution in [2.45, 2.75) is 198 Å². The van der Waals surface area contributed by atoms with Gasteiger partial charge in [0, 0.05) is 31.8 Å². The van der Waals surface area contributed by atoms with Crippen LogP contribution < -0.4 is 0 Å². The molecule has 3 saturated heterocycles. The fraction of sp³-hybridized carbons (Fsp3) is 0.864. The van der Waals surface area contributed by atoms with E-state index in [9.17, 15) is 5.11 Å². The number of aliphatic hydroxyl groups is 1. The van der Waals surface area contributed by atoms with Gasteiger partial charge in [-0.05, 0) is 54.0 Å². The standard InChI is InChI=1S/C44H82O9Si2/c1-14-18-19-20-22-36(45)44(53-54(15-2,16-3)17-4)42-28-40(52-55(31(5)6,32(7)8)33(9)10)35(12)38(50-42)24-21-23-37-34(11)39-27-41(49-37)43(51-39)29-48-30-47-26-25-46-13/h14,20-23,31-45H,1,15-19,24-30H2,2-13H3/b22-20+,23-21+/t34-,35-,36+,37-,38+,39?,40-,41?,42-,43-,44-/m0/s1. The first-order valence-corrected chi connectivity index (χ1v) is 26.5. The highest BCUT2D eigenvalue weighted by Gasteiger charge is 2.51. The van der Waals surface area contributed by atoms with E-state index in [4.69, 9.17) is 37.3 Å². The number of allylic oxidation sites excluding steroid dienone is 2. The van der Waals surface area contributed by atoms with E-state index in [1.807, 2.05) is 12.2 Å². The van der Waals surface area contributed by atoms with Crippen molar-refractivity contribution >= 4 is 16.6 Å². The number of hydrogen-bond donors (Lipinski definition) is 1. The minimum absolute atomic E-state index is 0.00616. The normalized spacial score (nSPS) is 30.4. The molecule has 11 heteroatoms. The predicted molar refractivity (Wildman–Crippen MR) is 229 cm³/mol. The fourth-order valence-corrected chi connectivity index (χ4v) is 18.0. The summed E-state index contributed by atoms with van der Waals surface area (Å²) in [6.45, 7) is 31.0. The van der Waals surface area contributed by atoms with Gasteiger partial charge in [-0.3, -0.25) is 0 Å². The molecule has 2 unspecified atom stereocenters. The smallest absolute Gasteiger partial charge is 0.200 e. The van der Waals surface area contributed by atoms with Gasteiger partial charge in [0.2, 0.25) is 8.32 Å². The van der Waals surface area contributed by atoms with Crippen molar-refractivity contribution in [3.63, 3.8) is 0 Å². The SMILES string of the molecule is C=CCC/C=C/[C@@H](O)[C@H](O[Si](CC)(CC)CC)[C@@H]1C[C@H](O[Si](C(C)C)(C(C)C)C(C)C)[C@@H](C)[C@@H](C/C=C/[C@@H]2OC3CC(O[C@H]3COCOCCOC)[C@H]2C)O1. The van der Waals surface area contributed by atoms with Crippen LogP contribution in [0.3, 0.4) is 0 Å². The molecular formula is C44H82O9Si2. The molecule has 0 amide bonds. The Bertz CT molecular complexity index is 1110. The van der Waals surface area contributed by atoms with Gasteiger partial charge in [0.25, 0.3) is 0 Å². The van der Waals surface area contributed by atoms with Gasteiger partial charge in [-0.15, -0.1) is 6.58 Å². The fourth-order valence-electron chi connectivity index (χ4n) is 9.51. The third-order valence-corrected chi connectivity index (χ3v) is 23.9. The Hall–Kier alpha value is -0.706. The van der Waals surface area contributed by atoms with E-state index in [1.54, 1.807) is 7.11 Å². The van der Waals surface area contributed by atoms with Crippen LogP contribution in [-0.2, 0) is 37.3 Å². The van der Waals surface area contributed by atoms with Crippen LogP contribution in [0.4, 0.5) is 0 Å². The highest BCUT2D eigenvalue weighted by molar-refractivity contribution is 6.77. The van der Waals surface area contributed by atoms with Crippen molar-refractivity contribution in [3.8, 4) is 0 Å². The van der Waals surface area contributed by atoms with Gasteiger partial charge >= 0.3 is 0 Å². The van der Waals surface area contributed by atoms with Gasteiger partial charge in [-0.2, -0.15) is 0 Å². The van der Waals surface area contributed by atoms with Crippen LogP contribution in [0.1, 0.15) is 108 Å². The van der Waals surface area contributed by atoms with E-state index >= 15 is 0 Å². The predicted octanol–water partition coefficient (Wildman–Crippen LogP) is 9.76. The molecule has 0 saturated carbocycles. The zero-order valence-electron chi connectivity index (χ0n) is 36.9. The third kappa shape index (κ3) is 12.9. The Labute approximate surface area is 338 Å². The van der Waals surface area contributed by atoms with E-state index in [-0.39, 0.29) is 61.4 Å². The number of hydrogen-bond acceptors (Lipinski definition) is 9. The molecule has 0 aromatic rings. The van der Waals surface area contributed by atoms with Crippen molar-refractivity contribution in [3.05, 3.63) is 37.0 Å². The van der Waals surface area contributed by atoms with Crippen molar-refractivity contribution < 1.29 is 42.4 Å². The number of rotatable bonds is 26. The highest BCUT2D eigenvalue weighted by atomic mass is 28.4. The van der Waals surface area contributed by atoms with Gasteiger partial charge in [0.15, 0.2) is 8.32 Å². The minimum atomic E-state index is -2.23.